The average molecular weight is 320 g/mol. The summed E-state index contributed by atoms with van der Waals surface area (Å²) in [6, 6.07) is 3.52. The van der Waals surface area contributed by atoms with Crippen molar-refractivity contribution < 1.29 is 24.1 Å². The monoisotopic (exact) mass is 320 g/mol. The van der Waals surface area contributed by atoms with Gasteiger partial charge in [0.05, 0.1) is 21.3 Å². The Balaban J connectivity index is 2.23. The molecule has 0 aliphatic heterocycles. The Morgan fingerprint density at radius 2 is 1.61 bits per heavy atom. The SMILES string of the molecule is COc1cc(/C=C/C(=O)C2(O)CCCCC2)cc(OC)c1OC. The molecule has 1 aromatic rings. The maximum atomic E-state index is 12.3. The summed E-state index contributed by atoms with van der Waals surface area (Å²) in [6.07, 6.45) is 7.02. The van der Waals surface area contributed by atoms with Gasteiger partial charge in [0, 0.05) is 0 Å². The number of carbonyl (C=O) groups excluding carboxylic acids is 1. The minimum atomic E-state index is -1.21. The van der Waals surface area contributed by atoms with Crippen LogP contribution in [0, 0.1) is 0 Å². The van der Waals surface area contributed by atoms with Gasteiger partial charge in [-0.15, -0.1) is 0 Å². The van der Waals surface area contributed by atoms with Crippen LogP contribution in [-0.4, -0.2) is 37.8 Å². The summed E-state index contributed by atoms with van der Waals surface area (Å²) >= 11 is 0. The van der Waals surface area contributed by atoms with Crippen LogP contribution in [0.4, 0.5) is 0 Å². The minimum absolute atomic E-state index is 0.244. The Bertz CT molecular complexity index is 560. The maximum absolute atomic E-state index is 12.3. The first-order chi connectivity index (χ1) is 11.0. The van der Waals surface area contributed by atoms with Crippen molar-refractivity contribution in [3.8, 4) is 17.2 Å². The van der Waals surface area contributed by atoms with Gasteiger partial charge in [0.15, 0.2) is 17.3 Å². The number of hydrogen-bond acceptors (Lipinski definition) is 5. The number of hydrogen-bond donors (Lipinski definition) is 1. The van der Waals surface area contributed by atoms with E-state index >= 15 is 0 Å². The standard InChI is InChI=1S/C18H24O5/c1-21-14-11-13(12-15(22-2)17(14)23-3)7-8-16(19)18(20)9-5-4-6-10-18/h7-8,11-12,20H,4-6,9-10H2,1-3H3/b8-7+. The summed E-state index contributed by atoms with van der Waals surface area (Å²) in [4.78, 5) is 12.3. The van der Waals surface area contributed by atoms with Gasteiger partial charge in [0.2, 0.25) is 5.75 Å². The van der Waals surface area contributed by atoms with Crippen LogP contribution in [0.5, 0.6) is 17.2 Å². The highest BCUT2D eigenvalue weighted by Gasteiger charge is 2.35. The fraction of sp³-hybridized carbons (Fsp3) is 0.500. The Morgan fingerprint density at radius 1 is 1.04 bits per heavy atom. The van der Waals surface area contributed by atoms with Crippen molar-refractivity contribution in [1.82, 2.24) is 0 Å². The molecule has 1 aliphatic carbocycles. The molecule has 1 aromatic carbocycles. The molecule has 126 valence electrons. The zero-order valence-electron chi connectivity index (χ0n) is 13.9. The second kappa shape index (κ2) is 7.51. The lowest BCUT2D eigenvalue weighted by atomic mass is 9.81. The van der Waals surface area contributed by atoms with E-state index in [2.05, 4.69) is 0 Å². The lowest BCUT2D eigenvalue weighted by molar-refractivity contribution is -0.135. The number of rotatable bonds is 6. The van der Waals surface area contributed by atoms with Crippen LogP contribution in [0.3, 0.4) is 0 Å². The lowest BCUT2D eigenvalue weighted by Gasteiger charge is -2.29. The predicted octanol–water partition coefficient (Wildman–Crippen LogP) is 2.99. The molecule has 0 aromatic heterocycles. The molecule has 0 radical (unpaired) electrons. The molecule has 1 saturated carbocycles. The van der Waals surface area contributed by atoms with Gasteiger partial charge in [-0.2, -0.15) is 0 Å². The van der Waals surface area contributed by atoms with Crippen LogP contribution in [-0.2, 0) is 4.79 Å². The van der Waals surface area contributed by atoms with Crippen molar-refractivity contribution in [1.29, 1.82) is 0 Å². The topological polar surface area (TPSA) is 65.0 Å². The van der Waals surface area contributed by atoms with Gasteiger partial charge in [-0.25, -0.2) is 0 Å². The van der Waals surface area contributed by atoms with Crippen LogP contribution >= 0.6 is 0 Å². The van der Waals surface area contributed by atoms with E-state index in [1.54, 1.807) is 32.4 Å². The molecule has 0 saturated heterocycles. The number of benzene rings is 1. The summed E-state index contributed by atoms with van der Waals surface area (Å²) in [5, 5.41) is 10.4. The summed E-state index contributed by atoms with van der Waals surface area (Å²) in [7, 11) is 4.62. The number of methoxy groups -OCH3 is 3. The van der Waals surface area contributed by atoms with Crippen molar-refractivity contribution in [2.24, 2.45) is 0 Å². The third-order valence-corrected chi connectivity index (χ3v) is 4.25. The third kappa shape index (κ3) is 3.85. The molecule has 1 N–H and O–H groups in total. The van der Waals surface area contributed by atoms with Crippen molar-refractivity contribution >= 4 is 11.9 Å². The zero-order chi connectivity index (χ0) is 16.9. The quantitative estimate of drug-likeness (QED) is 0.816. The fourth-order valence-electron chi connectivity index (χ4n) is 2.91. The highest BCUT2D eigenvalue weighted by molar-refractivity contribution is 6.00. The van der Waals surface area contributed by atoms with Gasteiger partial charge >= 0.3 is 0 Å². The molecule has 23 heavy (non-hydrogen) atoms. The second-order valence-electron chi connectivity index (χ2n) is 5.75. The molecule has 1 aliphatic rings. The molecule has 0 spiro atoms. The number of carbonyl (C=O) groups is 1. The smallest absolute Gasteiger partial charge is 0.203 e. The van der Waals surface area contributed by atoms with Crippen LogP contribution in [0.2, 0.25) is 0 Å². The average Bonchev–Trinajstić information content (AvgIpc) is 2.59. The summed E-state index contributed by atoms with van der Waals surface area (Å²) in [5.41, 5.74) is -0.470. The Labute approximate surface area is 136 Å². The van der Waals surface area contributed by atoms with Crippen LogP contribution in [0.1, 0.15) is 37.7 Å². The number of aliphatic hydroxyl groups is 1. The predicted molar refractivity (Wildman–Crippen MR) is 88.2 cm³/mol. The van der Waals surface area contributed by atoms with E-state index in [-0.39, 0.29) is 5.78 Å². The Morgan fingerprint density at radius 3 is 2.09 bits per heavy atom. The Hall–Kier alpha value is -2.01. The highest BCUT2D eigenvalue weighted by atomic mass is 16.5. The number of ether oxygens (including phenoxy) is 3. The first-order valence-electron chi connectivity index (χ1n) is 7.79. The molecule has 0 amide bonds. The van der Waals surface area contributed by atoms with E-state index in [0.29, 0.717) is 30.1 Å². The van der Waals surface area contributed by atoms with E-state index in [0.717, 1.165) is 24.8 Å². The molecule has 1 fully saturated rings. The van der Waals surface area contributed by atoms with Crippen molar-refractivity contribution in [3.05, 3.63) is 23.8 Å². The minimum Gasteiger partial charge on any atom is -0.493 e. The van der Waals surface area contributed by atoms with E-state index in [4.69, 9.17) is 14.2 Å². The molecule has 0 atom stereocenters. The zero-order valence-corrected chi connectivity index (χ0v) is 13.9. The third-order valence-electron chi connectivity index (χ3n) is 4.25. The van der Waals surface area contributed by atoms with Crippen molar-refractivity contribution in [3.63, 3.8) is 0 Å². The molecule has 2 rings (SSSR count). The summed E-state index contributed by atoms with van der Waals surface area (Å²) < 4.78 is 15.8. The van der Waals surface area contributed by atoms with Gasteiger partial charge in [0.1, 0.15) is 5.60 Å². The molecule has 0 bridgehead atoms. The molecule has 0 heterocycles. The van der Waals surface area contributed by atoms with Crippen LogP contribution < -0.4 is 14.2 Å². The van der Waals surface area contributed by atoms with Gasteiger partial charge in [-0.1, -0.05) is 25.3 Å². The molecule has 5 heteroatoms. The van der Waals surface area contributed by atoms with Crippen molar-refractivity contribution in [2.75, 3.05) is 21.3 Å². The van der Waals surface area contributed by atoms with Gasteiger partial charge < -0.3 is 19.3 Å². The van der Waals surface area contributed by atoms with E-state index in [1.807, 2.05) is 0 Å². The summed E-state index contributed by atoms with van der Waals surface area (Å²) in [6.45, 7) is 0. The highest BCUT2D eigenvalue weighted by Crippen LogP contribution is 2.38. The van der Waals surface area contributed by atoms with E-state index in [1.165, 1.54) is 13.2 Å². The van der Waals surface area contributed by atoms with Gasteiger partial charge in [0.25, 0.3) is 0 Å². The van der Waals surface area contributed by atoms with Crippen LogP contribution in [0.15, 0.2) is 18.2 Å². The number of ketones is 1. The summed E-state index contributed by atoms with van der Waals surface area (Å²) in [5.74, 6) is 1.31. The molecular weight excluding hydrogens is 296 g/mol. The first-order valence-corrected chi connectivity index (χ1v) is 7.79. The van der Waals surface area contributed by atoms with E-state index < -0.39 is 5.60 Å². The van der Waals surface area contributed by atoms with E-state index in [9.17, 15) is 9.90 Å². The van der Waals surface area contributed by atoms with Crippen molar-refractivity contribution in [2.45, 2.75) is 37.7 Å². The van der Waals surface area contributed by atoms with Gasteiger partial charge in [-0.05, 0) is 36.6 Å². The van der Waals surface area contributed by atoms with Gasteiger partial charge in [-0.3, -0.25) is 4.79 Å². The normalized spacial score (nSPS) is 17.0. The largest absolute Gasteiger partial charge is 0.493 e. The second-order valence-corrected chi connectivity index (χ2v) is 5.75. The fourth-order valence-corrected chi connectivity index (χ4v) is 2.91. The molecule has 0 unspecified atom stereocenters. The Kier molecular flexibility index (Phi) is 5.66. The van der Waals surface area contributed by atoms with Crippen LogP contribution in [0.25, 0.3) is 6.08 Å². The molecule has 5 nitrogen and oxygen atoms in total. The maximum Gasteiger partial charge on any atom is 0.203 e. The first kappa shape index (κ1) is 17.3. The lowest BCUT2D eigenvalue weighted by Crippen LogP contribution is -2.39. The molecular formula is C18H24O5.